The number of ether oxygens (including phenoxy) is 2. The molecule has 21 heavy (non-hydrogen) atoms. The molecule has 3 heteroatoms. The van der Waals surface area contributed by atoms with E-state index in [9.17, 15) is 0 Å². The minimum Gasteiger partial charge on any atom is -0.491 e. The SMILES string of the molecule is CCCOCCOc1ccc2cc(C#CCN)ccc2c1. The summed E-state index contributed by atoms with van der Waals surface area (Å²) in [6.07, 6.45) is 1.03. The highest BCUT2D eigenvalue weighted by atomic mass is 16.5. The second-order valence-electron chi connectivity index (χ2n) is 4.69. The molecule has 0 aliphatic rings. The van der Waals surface area contributed by atoms with Gasteiger partial charge in [-0.2, -0.15) is 0 Å². The zero-order valence-electron chi connectivity index (χ0n) is 12.4. The highest BCUT2D eigenvalue weighted by Crippen LogP contribution is 2.21. The lowest BCUT2D eigenvalue weighted by atomic mass is 10.1. The van der Waals surface area contributed by atoms with Gasteiger partial charge in [-0.3, -0.25) is 0 Å². The predicted octanol–water partition coefficient (Wildman–Crippen LogP) is 2.96. The third-order valence-electron chi connectivity index (χ3n) is 2.99. The quantitative estimate of drug-likeness (QED) is 0.655. The Bertz CT molecular complexity index is 640. The molecule has 110 valence electrons. The second kappa shape index (κ2) is 8.31. The van der Waals surface area contributed by atoms with Crippen LogP contribution in [0.5, 0.6) is 5.75 Å². The van der Waals surface area contributed by atoms with Crippen molar-refractivity contribution in [3.63, 3.8) is 0 Å². The summed E-state index contributed by atoms with van der Waals surface area (Å²) >= 11 is 0. The highest BCUT2D eigenvalue weighted by Gasteiger charge is 1.99. The molecule has 2 aromatic carbocycles. The van der Waals surface area contributed by atoms with Crippen molar-refractivity contribution in [2.75, 3.05) is 26.4 Å². The van der Waals surface area contributed by atoms with Gasteiger partial charge in [-0.05, 0) is 41.5 Å². The molecule has 2 rings (SSSR count). The van der Waals surface area contributed by atoms with Gasteiger partial charge in [-0.25, -0.2) is 0 Å². The number of hydrogen-bond donors (Lipinski definition) is 1. The maximum atomic E-state index is 5.69. The normalized spacial score (nSPS) is 10.2. The molecule has 0 saturated heterocycles. The Morgan fingerprint density at radius 2 is 1.81 bits per heavy atom. The molecule has 0 heterocycles. The van der Waals surface area contributed by atoms with Crippen molar-refractivity contribution in [1.82, 2.24) is 0 Å². The van der Waals surface area contributed by atoms with E-state index in [1.807, 2.05) is 24.3 Å². The summed E-state index contributed by atoms with van der Waals surface area (Å²) in [6.45, 7) is 4.46. The Labute approximate surface area is 126 Å². The molecule has 2 N–H and O–H groups in total. The van der Waals surface area contributed by atoms with Gasteiger partial charge in [0.1, 0.15) is 12.4 Å². The molecular formula is C18H21NO2. The summed E-state index contributed by atoms with van der Waals surface area (Å²) in [7, 11) is 0. The molecule has 0 bridgehead atoms. The lowest BCUT2D eigenvalue weighted by molar-refractivity contribution is 0.101. The number of benzene rings is 2. The smallest absolute Gasteiger partial charge is 0.120 e. The minimum atomic E-state index is 0.380. The van der Waals surface area contributed by atoms with Crippen molar-refractivity contribution in [2.45, 2.75) is 13.3 Å². The van der Waals surface area contributed by atoms with Crippen molar-refractivity contribution in [3.05, 3.63) is 42.0 Å². The van der Waals surface area contributed by atoms with Crippen LogP contribution in [0.15, 0.2) is 36.4 Å². The van der Waals surface area contributed by atoms with Crippen molar-refractivity contribution < 1.29 is 9.47 Å². The monoisotopic (exact) mass is 283 g/mol. The third kappa shape index (κ3) is 4.78. The zero-order chi connectivity index (χ0) is 14.9. The molecule has 0 aliphatic heterocycles. The van der Waals surface area contributed by atoms with E-state index >= 15 is 0 Å². The summed E-state index contributed by atoms with van der Waals surface area (Å²) in [4.78, 5) is 0. The van der Waals surface area contributed by atoms with E-state index in [4.69, 9.17) is 15.2 Å². The Morgan fingerprint density at radius 3 is 2.62 bits per heavy atom. The van der Waals surface area contributed by atoms with E-state index in [0.29, 0.717) is 19.8 Å². The van der Waals surface area contributed by atoms with Gasteiger partial charge >= 0.3 is 0 Å². The van der Waals surface area contributed by atoms with E-state index in [2.05, 4.69) is 30.9 Å². The maximum absolute atomic E-state index is 5.69. The zero-order valence-corrected chi connectivity index (χ0v) is 12.4. The van der Waals surface area contributed by atoms with E-state index in [1.165, 1.54) is 0 Å². The molecule has 3 nitrogen and oxygen atoms in total. The second-order valence-corrected chi connectivity index (χ2v) is 4.69. The van der Waals surface area contributed by atoms with Gasteiger partial charge in [0.05, 0.1) is 13.2 Å². The predicted molar refractivity (Wildman–Crippen MR) is 86.5 cm³/mol. The van der Waals surface area contributed by atoms with E-state index in [1.54, 1.807) is 0 Å². The van der Waals surface area contributed by atoms with Crippen LogP contribution in [-0.2, 0) is 4.74 Å². The first-order valence-electron chi connectivity index (χ1n) is 7.27. The molecular weight excluding hydrogens is 262 g/mol. The Kier molecular flexibility index (Phi) is 6.08. The first kappa shape index (κ1) is 15.4. The van der Waals surface area contributed by atoms with Gasteiger partial charge in [-0.15, -0.1) is 0 Å². The molecule has 0 aromatic heterocycles. The fraction of sp³-hybridized carbons (Fsp3) is 0.333. The highest BCUT2D eigenvalue weighted by molar-refractivity contribution is 5.85. The summed E-state index contributed by atoms with van der Waals surface area (Å²) in [5, 5.41) is 2.29. The lowest BCUT2D eigenvalue weighted by Crippen LogP contribution is -2.06. The molecule has 0 spiro atoms. The van der Waals surface area contributed by atoms with Gasteiger partial charge in [0.2, 0.25) is 0 Å². The molecule has 0 aliphatic carbocycles. The fourth-order valence-electron chi connectivity index (χ4n) is 2.01. The van der Waals surface area contributed by atoms with Gasteiger partial charge in [0.15, 0.2) is 0 Å². The van der Waals surface area contributed by atoms with Crippen molar-refractivity contribution in [3.8, 4) is 17.6 Å². The summed E-state index contributed by atoms with van der Waals surface area (Å²) < 4.78 is 11.1. The van der Waals surface area contributed by atoms with Crippen LogP contribution < -0.4 is 10.5 Å². The number of rotatable bonds is 6. The van der Waals surface area contributed by atoms with Gasteiger partial charge in [-0.1, -0.05) is 30.9 Å². The van der Waals surface area contributed by atoms with Crippen LogP contribution in [0.1, 0.15) is 18.9 Å². The Morgan fingerprint density at radius 1 is 1.00 bits per heavy atom. The summed E-state index contributed by atoms with van der Waals surface area (Å²) in [5.74, 6) is 6.77. The topological polar surface area (TPSA) is 44.5 Å². The molecule has 0 unspecified atom stereocenters. The fourth-order valence-corrected chi connectivity index (χ4v) is 2.01. The average Bonchev–Trinajstić information content (AvgIpc) is 2.52. The van der Waals surface area contributed by atoms with Crippen LogP contribution in [0.25, 0.3) is 10.8 Å². The van der Waals surface area contributed by atoms with Crippen LogP contribution in [0.2, 0.25) is 0 Å². The lowest BCUT2D eigenvalue weighted by Gasteiger charge is -2.08. The van der Waals surface area contributed by atoms with Gasteiger partial charge in [0.25, 0.3) is 0 Å². The largest absolute Gasteiger partial charge is 0.491 e. The number of nitrogens with two attached hydrogens (primary N) is 1. The first-order valence-corrected chi connectivity index (χ1v) is 7.27. The van der Waals surface area contributed by atoms with Crippen LogP contribution in [0.3, 0.4) is 0 Å². The molecule has 0 atom stereocenters. The van der Waals surface area contributed by atoms with Crippen LogP contribution >= 0.6 is 0 Å². The van der Waals surface area contributed by atoms with Gasteiger partial charge < -0.3 is 15.2 Å². The first-order chi connectivity index (χ1) is 10.3. The van der Waals surface area contributed by atoms with E-state index in [-0.39, 0.29) is 0 Å². The van der Waals surface area contributed by atoms with Crippen LogP contribution in [0.4, 0.5) is 0 Å². The number of hydrogen-bond acceptors (Lipinski definition) is 3. The molecule has 2 aromatic rings. The molecule has 0 saturated carbocycles. The van der Waals surface area contributed by atoms with Crippen molar-refractivity contribution in [2.24, 2.45) is 5.73 Å². The molecule has 0 fully saturated rings. The summed E-state index contributed by atoms with van der Waals surface area (Å²) in [6, 6.07) is 12.2. The Hall–Kier alpha value is -2.02. The summed E-state index contributed by atoms with van der Waals surface area (Å²) in [5.41, 5.74) is 6.37. The molecule has 0 amide bonds. The van der Waals surface area contributed by atoms with Crippen LogP contribution in [-0.4, -0.2) is 26.4 Å². The maximum Gasteiger partial charge on any atom is 0.120 e. The van der Waals surface area contributed by atoms with E-state index < -0.39 is 0 Å². The minimum absolute atomic E-state index is 0.380. The van der Waals surface area contributed by atoms with Crippen LogP contribution in [0, 0.1) is 11.8 Å². The standard InChI is InChI=1S/C18H21NO2/c1-2-10-20-11-12-21-18-8-7-16-13-15(4-3-9-19)5-6-17(16)14-18/h5-8,13-14H,2,9-12,19H2,1H3. The third-order valence-corrected chi connectivity index (χ3v) is 2.99. The van der Waals surface area contributed by atoms with Gasteiger partial charge in [0, 0.05) is 12.2 Å². The number of fused-ring (bicyclic) bond motifs is 1. The molecule has 0 radical (unpaired) electrons. The van der Waals surface area contributed by atoms with Crippen molar-refractivity contribution >= 4 is 10.8 Å². The average molecular weight is 283 g/mol. The Balaban J connectivity index is 2.01. The van der Waals surface area contributed by atoms with E-state index in [0.717, 1.165) is 35.1 Å². The van der Waals surface area contributed by atoms with Crippen molar-refractivity contribution in [1.29, 1.82) is 0 Å².